The molecule has 6 rings (SSSR count). The summed E-state index contributed by atoms with van der Waals surface area (Å²) in [7, 11) is 0. The van der Waals surface area contributed by atoms with E-state index >= 15 is 0 Å². The van der Waals surface area contributed by atoms with Crippen LogP contribution in [0.25, 0.3) is 38.9 Å². The van der Waals surface area contributed by atoms with E-state index in [-0.39, 0.29) is 11.7 Å². The third-order valence-corrected chi connectivity index (χ3v) is 6.27. The minimum atomic E-state index is -0.127. The van der Waals surface area contributed by atoms with Crippen LogP contribution in [-0.4, -0.2) is 36.8 Å². The largest absolute Gasteiger partial charge is 0.376 e. The van der Waals surface area contributed by atoms with Gasteiger partial charge in [0.2, 0.25) is 0 Å². The van der Waals surface area contributed by atoms with Gasteiger partial charge in [0.05, 0.1) is 29.4 Å². The fourth-order valence-electron chi connectivity index (χ4n) is 4.50. The van der Waals surface area contributed by atoms with Gasteiger partial charge in [-0.15, -0.1) is 0 Å². The number of hydrogen-bond donors (Lipinski definition) is 0. The standard InChI is InChI=1S/C24H20ClN5O2/c1-14-26-22-20(24(31)29(14)13-17-8-5-11-32-17)21-23(28-19-10-3-2-9-18(19)27-21)30(22)16-7-4-6-15(25)12-16/h2-4,6-7,9-10,12,17H,5,8,11,13H2,1H3. The maximum absolute atomic E-state index is 13.8. The summed E-state index contributed by atoms with van der Waals surface area (Å²) >= 11 is 6.29. The molecule has 0 spiro atoms. The Balaban J connectivity index is 1.73. The van der Waals surface area contributed by atoms with Gasteiger partial charge in [-0.2, -0.15) is 0 Å². The van der Waals surface area contributed by atoms with E-state index < -0.39 is 0 Å². The number of para-hydroxylation sites is 2. The van der Waals surface area contributed by atoms with Crippen LogP contribution in [0.1, 0.15) is 18.7 Å². The first-order valence-electron chi connectivity index (χ1n) is 10.7. The Morgan fingerprint density at radius 1 is 1.06 bits per heavy atom. The van der Waals surface area contributed by atoms with Crippen molar-refractivity contribution in [1.29, 1.82) is 0 Å². The SMILES string of the molecule is Cc1nc2c(c(=O)n1CC1CCCO1)c1nc3ccccc3nc1n2-c1cccc(Cl)c1. The Morgan fingerprint density at radius 3 is 2.62 bits per heavy atom. The zero-order chi connectivity index (χ0) is 21.8. The van der Waals surface area contributed by atoms with Crippen LogP contribution in [0.15, 0.2) is 53.3 Å². The molecule has 1 unspecified atom stereocenters. The lowest BCUT2D eigenvalue weighted by Gasteiger charge is -2.14. The first-order valence-corrected chi connectivity index (χ1v) is 11.0. The van der Waals surface area contributed by atoms with E-state index in [1.165, 1.54) is 0 Å². The molecule has 7 nitrogen and oxygen atoms in total. The van der Waals surface area contributed by atoms with Crippen LogP contribution in [-0.2, 0) is 11.3 Å². The fraction of sp³-hybridized carbons (Fsp3) is 0.250. The molecular weight excluding hydrogens is 426 g/mol. The van der Waals surface area contributed by atoms with Crippen LogP contribution in [0.4, 0.5) is 0 Å². The van der Waals surface area contributed by atoms with Crippen molar-refractivity contribution < 1.29 is 4.74 Å². The van der Waals surface area contributed by atoms with Crippen molar-refractivity contribution in [3.63, 3.8) is 0 Å². The van der Waals surface area contributed by atoms with Gasteiger partial charge in [0.25, 0.3) is 5.56 Å². The van der Waals surface area contributed by atoms with E-state index in [1.54, 1.807) is 4.57 Å². The fourth-order valence-corrected chi connectivity index (χ4v) is 4.68. The minimum Gasteiger partial charge on any atom is -0.376 e. The molecular formula is C24H20ClN5O2. The number of ether oxygens (including phenoxy) is 1. The number of fused-ring (bicyclic) bond motifs is 4. The van der Waals surface area contributed by atoms with Crippen molar-refractivity contribution in [3.8, 4) is 5.69 Å². The van der Waals surface area contributed by atoms with Crippen LogP contribution in [0.2, 0.25) is 5.02 Å². The Morgan fingerprint density at radius 2 is 1.88 bits per heavy atom. The number of benzene rings is 2. The summed E-state index contributed by atoms with van der Waals surface area (Å²) in [6.07, 6.45) is 1.98. The number of nitrogens with zero attached hydrogens (tertiary/aromatic N) is 5. The average molecular weight is 446 g/mol. The number of hydrogen-bond acceptors (Lipinski definition) is 5. The molecule has 4 heterocycles. The summed E-state index contributed by atoms with van der Waals surface area (Å²) in [6, 6.07) is 15.1. The van der Waals surface area contributed by atoms with Gasteiger partial charge < -0.3 is 4.74 Å². The van der Waals surface area contributed by atoms with Gasteiger partial charge in [-0.05, 0) is 50.1 Å². The quantitative estimate of drug-likeness (QED) is 0.411. The van der Waals surface area contributed by atoms with Crippen molar-refractivity contribution in [2.45, 2.75) is 32.4 Å². The molecule has 160 valence electrons. The van der Waals surface area contributed by atoms with Crippen LogP contribution in [0, 0.1) is 6.92 Å². The summed E-state index contributed by atoms with van der Waals surface area (Å²) in [5, 5.41) is 1.05. The highest BCUT2D eigenvalue weighted by Crippen LogP contribution is 2.29. The van der Waals surface area contributed by atoms with E-state index in [4.69, 9.17) is 31.3 Å². The number of halogens is 1. The lowest BCUT2D eigenvalue weighted by molar-refractivity contribution is 0.0955. The molecule has 0 saturated carbocycles. The van der Waals surface area contributed by atoms with Gasteiger partial charge in [0.1, 0.15) is 16.7 Å². The van der Waals surface area contributed by atoms with Crippen molar-refractivity contribution in [2.24, 2.45) is 0 Å². The molecule has 0 radical (unpaired) electrons. The Kier molecular flexibility index (Phi) is 4.48. The monoisotopic (exact) mass is 445 g/mol. The molecule has 0 aliphatic carbocycles. The van der Waals surface area contributed by atoms with Gasteiger partial charge in [0.15, 0.2) is 11.3 Å². The maximum atomic E-state index is 13.8. The normalized spacial score (nSPS) is 16.5. The van der Waals surface area contributed by atoms with Crippen LogP contribution >= 0.6 is 11.6 Å². The van der Waals surface area contributed by atoms with Gasteiger partial charge in [-0.25, -0.2) is 15.0 Å². The van der Waals surface area contributed by atoms with Crippen molar-refractivity contribution in [1.82, 2.24) is 24.1 Å². The third-order valence-electron chi connectivity index (χ3n) is 6.03. The lowest BCUT2D eigenvalue weighted by Crippen LogP contribution is -2.29. The molecule has 8 heteroatoms. The third kappa shape index (κ3) is 3.00. The first kappa shape index (κ1) is 19.4. The zero-order valence-corrected chi connectivity index (χ0v) is 18.2. The summed E-state index contributed by atoms with van der Waals surface area (Å²) in [5.41, 5.74) is 3.79. The molecule has 0 amide bonds. The van der Waals surface area contributed by atoms with E-state index in [0.717, 1.165) is 36.2 Å². The molecule has 2 aromatic carbocycles. The van der Waals surface area contributed by atoms with Crippen LogP contribution < -0.4 is 5.56 Å². The number of aromatic nitrogens is 5. The minimum absolute atomic E-state index is 0.0267. The van der Waals surface area contributed by atoms with Gasteiger partial charge in [-0.3, -0.25) is 13.9 Å². The van der Waals surface area contributed by atoms with Crippen LogP contribution in [0.5, 0.6) is 0 Å². The summed E-state index contributed by atoms with van der Waals surface area (Å²) in [5.74, 6) is 0.633. The highest BCUT2D eigenvalue weighted by molar-refractivity contribution is 6.30. The summed E-state index contributed by atoms with van der Waals surface area (Å²) in [4.78, 5) is 28.3. The second-order valence-corrected chi connectivity index (χ2v) is 8.54. The second kappa shape index (κ2) is 7.39. The van der Waals surface area contributed by atoms with E-state index in [1.807, 2.05) is 60.0 Å². The Hall–Kier alpha value is -3.29. The molecule has 5 aromatic rings. The molecule has 0 bridgehead atoms. The topological polar surface area (TPSA) is 74.8 Å². The van der Waals surface area contributed by atoms with E-state index in [0.29, 0.717) is 39.6 Å². The van der Waals surface area contributed by atoms with Gasteiger partial charge in [0, 0.05) is 11.6 Å². The summed E-state index contributed by atoms with van der Waals surface area (Å²) < 4.78 is 9.36. The molecule has 0 N–H and O–H groups in total. The van der Waals surface area contributed by atoms with Crippen LogP contribution in [0.3, 0.4) is 0 Å². The number of aryl methyl sites for hydroxylation is 1. The molecule has 1 fully saturated rings. The highest BCUT2D eigenvalue weighted by atomic mass is 35.5. The molecule has 1 saturated heterocycles. The first-order chi connectivity index (χ1) is 15.6. The van der Waals surface area contributed by atoms with Crippen molar-refractivity contribution >= 4 is 44.8 Å². The smallest absolute Gasteiger partial charge is 0.265 e. The van der Waals surface area contributed by atoms with Crippen molar-refractivity contribution in [3.05, 3.63) is 69.7 Å². The predicted molar refractivity (Wildman–Crippen MR) is 125 cm³/mol. The number of rotatable bonds is 3. The average Bonchev–Trinajstić information content (AvgIpc) is 3.40. The molecule has 32 heavy (non-hydrogen) atoms. The molecule has 3 aromatic heterocycles. The Labute approximate surface area is 188 Å². The zero-order valence-electron chi connectivity index (χ0n) is 17.5. The van der Waals surface area contributed by atoms with Crippen molar-refractivity contribution in [2.75, 3.05) is 6.61 Å². The lowest BCUT2D eigenvalue weighted by atomic mass is 10.2. The molecule has 1 aliphatic heterocycles. The highest BCUT2D eigenvalue weighted by Gasteiger charge is 2.24. The second-order valence-electron chi connectivity index (χ2n) is 8.11. The summed E-state index contributed by atoms with van der Waals surface area (Å²) in [6.45, 7) is 3.07. The van der Waals surface area contributed by atoms with E-state index in [9.17, 15) is 4.79 Å². The van der Waals surface area contributed by atoms with Gasteiger partial charge in [-0.1, -0.05) is 29.8 Å². The van der Waals surface area contributed by atoms with Gasteiger partial charge >= 0.3 is 0 Å². The maximum Gasteiger partial charge on any atom is 0.265 e. The molecule has 1 aliphatic rings. The van der Waals surface area contributed by atoms with E-state index in [2.05, 4.69) is 0 Å². The molecule has 1 atom stereocenters. The predicted octanol–water partition coefficient (Wildman–Crippen LogP) is 4.42. The Bertz CT molecular complexity index is 1570.